The summed E-state index contributed by atoms with van der Waals surface area (Å²) in [5, 5.41) is 7.06. The molecule has 2 N–H and O–H groups in total. The maximum absolute atomic E-state index is 12.0. The summed E-state index contributed by atoms with van der Waals surface area (Å²) in [7, 11) is 0. The lowest BCUT2D eigenvalue weighted by Crippen LogP contribution is -2.46. The molecule has 0 unspecified atom stereocenters. The predicted octanol–water partition coefficient (Wildman–Crippen LogP) is 2.05. The van der Waals surface area contributed by atoms with Crippen LogP contribution in [0.25, 0.3) is 0 Å². The smallest absolute Gasteiger partial charge is 0.315 e. The quantitative estimate of drug-likeness (QED) is 0.816. The topological polar surface area (TPSA) is 44.4 Å². The summed E-state index contributed by atoms with van der Waals surface area (Å²) in [5.41, 5.74) is 0. The van der Waals surface area contributed by atoms with Gasteiger partial charge in [0, 0.05) is 37.0 Å². The van der Waals surface area contributed by atoms with Crippen molar-refractivity contribution in [2.24, 2.45) is 5.92 Å². The van der Waals surface area contributed by atoms with Gasteiger partial charge < -0.3 is 15.5 Å². The molecule has 2 amide bonds. The number of urea groups is 1. The zero-order valence-electron chi connectivity index (χ0n) is 12.4. The first-order valence-electron chi connectivity index (χ1n) is 8.05. The fraction of sp³-hybridized carbons (Fsp3) is 0.933. The molecular formula is C15H27N3OS. The first kappa shape index (κ1) is 14.5. The third kappa shape index (κ3) is 4.04. The number of likely N-dealkylation sites (tertiary alicyclic amines) is 1. The summed E-state index contributed by atoms with van der Waals surface area (Å²) < 4.78 is 0. The van der Waals surface area contributed by atoms with Gasteiger partial charge in [0.1, 0.15) is 0 Å². The van der Waals surface area contributed by atoms with Crippen LogP contribution in [0.2, 0.25) is 0 Å². The number of amides is 2. The molecule has 1 aliphatic heterocycles. The lowest BCUT2D eigenvalue weighted by Gasteiger charge is -2.18. The fourth-order valence-corrected chi connectivity index (χ4v) is 4.28. The van der Waals surface area contributed by atoms with E-state index in [9.17, 15) is 4.79 Å². The Bertz CT molecular complexity index is 348. The largest absolute Gasteiger partial charge is 0.335 e. The van der Waals surface area contributed by atoms with Gasteiger partial charge in [0.25, 0.3) is 0 Å². The second kappa shape index (κ2) is 6.56. The van der Waals surface area contributed by atoms with Crippen LogP contribution in [-0.4, -0.2) is 54.2 Å². The summed E-state index contributed by atoms with van der Waals surface area (Å²) in [5.74, 6) is 0.949. The van der Waals surface area contributed by atoms with Gasteiger partial charge in [-0.15, -0.1) is 0 Å². The molecule has 1 saturated heterocycles. The highest BCUT2D eigenvalue weighted by atomic mass is 32.2. The van der Waals surface area contributed by atoms with Gasteiger partial charge in [0.2, 0.25) is 0 Å². The number of carbonyl (C=O) groups is 1. The maximum Gasteiger partial charge on any atom is 0.315 e. The molecule has 3 fully saturated rings. The Labute approximate surface area is 126 Å². The van der Waals surface area contributed by atoms with Crippen LogP contribution < -0.4 is 10.6 Å². The molecule has 5 heteroatoms. The van der Waals surface area contributed by atoms with E-state index in [4.69, 9.17) is 0 Å². The number of carbonyl (C=O) groups excluding carboxylic acids is 1. The van der Waals surface area contributed by atoms with Crippen molar-refractivity contribution >= 4 is 17.8 Å². The molecule has 0 aromatic rings. The van der Waals surface area contributed by atoms with Crippen molar-refractivity contribution in [1.82, 2.24) is 15.5 Å². The molecule has 4 nitrogen and oxygen atoms in total. The van der Waals surface area contributed by atoms with Gasteiger partial charge in [-0.3, -0.25) is 0 Å². The van der Waals surface area contributed by atoms with E-state index in [0.29, 0.717) is 12.1 Å². The highest BCUT2D eigenvalue weighted by Crippen LogP contribution is 2.31. The highest BCUT2D eigenvalue weighted by molar-refractivity contribution is 7.99. The van der Waals surface area contributed by atoms with Crippen molar-refractivity contribution in [2.75, 3.05) is 25.9 Å². The predicted molar refractivity (Wildman–Crippen MR) is 84.2 cm³/mol. The van der Waals surface area contributed by atoms with E-state index in [1.54, 1.807) is 0 Å². The Hall–Kier alpha value is -0.420. The number of nitrogens with one attached hydrogen (secondary N) is 2. The van der Waals surface area contributed by atoms with Crippen LogP contribution in [0, 0.1) is 5.92 Å². The van der Waals surface area contributed by atoms with Gasteiger partial charge in [-0.2, -0.15) is 11.8 Å². The van der Waals surface area contributed by atoms with E-state index >= 15 is 0 Å². The van der Waals surface area contributed by atoms with Gasteiger partial charge in [-0.05, 0) is 50.7 Å². The van der Waals surface area contributed by atoms with Crippen molar-refractivity contribution in [3.63, 3.8) is 0 Å². The first-order valence-corrected chi connectivity index (χ1v) is 9.34. The third-order valence-corrected chi connectivity index (χ3v) is 5.97. The Morgan fingerprint density at radius 1 is 1.15 bits per heavy atom. The van der Waals surface area contributed by atoms with Gasteiger partial charge in [-0.1, -0.05) is 0 Å². The van der Waals surface area contributed by atoms with E-state index < -0.39 is 0 Å². The number of rotatable bonds is 5. The monoisotopic (exact) mass is 297 g/mol. The van der Waals surface area contributed by atoms with Gasteiger partial charge in [0.15, 0.2) is 0 Å². The van der Waals surface area contributed by atoms with E-state index in [2.05, 4.69) is 21.8 Å². The van der Waals surface area contributed by atoms with Crippen LogP contribution in [0.4, 0.5) is 4.79 Å². The number of nitrogens with zero attached hydrogens (tertiary/aromatic N) is 1. The zero-order chi connectivity index (χ0) is 13.9. The summed E-state index contributed by atoms with van der Waals surface area (Å²) in [6, 6.07) is 0.790. The summed E-state index contributed by atoms with van der Waals surface area (Å²) in [4.78, 5) is 14.6. The third-order valence-electron chi connectivity index (χ3n) is 4.87. The van der Waals surface area contributed by atoms with Crippen molar-refractivity contribution in [1.29, 1.82) is 0 Å². The Morgan fingerprint density at radius 3 is 2.65 bits per heavy atom. The molecule has 3 atom stereocenters. The normalized spacial score (nSPS) is 34.4. The molecule has 0 radical (unpaired) electrons. The van der Waals surface area contributed by atoms with Crippen molar-refractivity contribution in [2.45, 2.75) is 55.9 Å². The summed E-state index contributed by atoms with van der Waals surface area (Å²) >= 11 is 1.93. The molecule has 0 spiro atoms. The van der Waals surface area contributed by atoms with E-state index in [0.717, 1.165) is 43.5 Å². The number of thioether (sulfide) groups is 1. The fourth-order valence-electron chi connectivity index (χ4n) is 3.48. The SMILES string of the molecule is CS[C@@H]1CC[C@H](NC(=O)N[C@@H]2CCN(CC3CC3)C2)C1. The minimum absolute atomic E-state index is 0.0509. The van der Waals surface area contributed by atoms with Gasteiger partial charge in [-0.25, -0.2) is 4.79 Å². The lowest BCUT2D eigenvalue weighted by atomic mass is 10.2. The lowest BCUT2D eigenvalue weighted by molar-refractivity contribution is 0.232. The van der Waals surface area contributed by atoms with Crippen molar-refractivity contribution < 1.29 is 4.79 Å². The van der Waals surface area contributed by atoms with Crippen LogP contribution in [0.5, 0.6) is 0 Å². The highest BCUT2D eigenvalue weighted by Gasteiger charge is 2.30. The van der Waals surface area contributed by atoms with Crippen LogP contribution in [0.1, 0.15) is 38.5 Å². The van der Waals surface area contributed by atoms with Crippen LogP contribution in [0.3, 0.4) is 0 Å². The minimum Gasteiger partial charge on any atom is -0.335 e. The molecule has 114 valence electrons. The standard InChI is InChI=1S/C15H27N3OS/c1-20-14-5-4-12(8-14)16-15(19)17-13-6-7-18(10-13)9-11-2-3-11/h11-14H,2-10H2,1H3,(H2,16,17,19)/t12-,13+,14+/m0/s1. The Balaban J connectivity index is 1.34. The molecule has 2 saturated carbocycles. The molecule has 1 heterocycles. The Morgan fingerprint density at radius 2 is 1.95 bits per heavy atom. The van der Waals surface area contributed by atoms with Crippen molar-refractivity contribution in [3.8, 4) is 0 Å². The van der Waals surface area contributed by atoms with E-state index in [-0.39, 0.29) is 6.03 Å². The molecule has 2 aliphatic carbocycles. The maximum atomic E-state index is 12.0. The van der Waals surface area contributed by atoms with E-state index in [1.807, 2.05) is 11.8 Å². The average molecular weight is 297 g/mol. The second-order valence-electron chi connectivity index (χ2n) is 6.67. The van der Waals surface area contributed by atoms with Gasteiger partial charge in [0.05, 0.1) is 0 Å². The second-order valence-corrected chi connectivity index (χ2v) is 7.81. The average Bonchev–Trinajstić information content (AvgIpc) is 2.94. The van der Waals surface area contributed by atoms with Crippen molar-refractivity contribution in [3.05, 3.63) is 0 Å². The molecule has 0 bridgehead atoms. The number of hydrogen-bond donors (Lipinski definition) is 2. The van der Waals surface area contributed by atoms with E-state index in [1.165, 1.54) is 25.8 Å². The Kier molecular flexibility index (Phi) is 4.76. The number of hydrogen-bond acceptors (Lipinski definition) is 3. The molecule has 3 aliphatic rings. The molecule has 0 aromatic carbocycles. The molecule has 3 rings (SSSR count). The van der Waals surface area contributed by atoms with Gasteiger partial charge >= 0.3 is 6.03 Å². The summed E-state index contributed by atoms with van der Waals surface area (Å²) in [6.45, 7) is 3.44. The van der Waals surface area contributed by atoms with Crippen LogP contribution >= 0.6 is 11.8 Å². The van der Waals surface area contributed by atoms with Crippen LogP contribution in [-0.2, 0) is 0 Å². The minimum atomic E-state index is 0.0509. The first-order chi connectivity index (χ1) is 9.72. The molecule has 20 heavy (non-hydrogen) atoms. The zero-order valence-corrected chi connectivity index (χ0v) is 13.3. The molecule has 0 aromatic heterocycles. The summed E-state index contributed by atoms with van der Waals surface area (Å²) in [6.07, 6.45) is 9.61. The molecular weight excluding hydrogens is 270 g/mol. The van der Waals surface area contributed by atoms with Crippen LogP contribution in [0.15, 0.2) is 0 Å².